The highest BCUT2D eigenvalue weighted by molar-refractivity contribution is 7.12. The fraction of sp³-hybridized carbons (Fsp3) is 0.174. The maximum Gasteiger partial charge on any atom is 0.271 e. The van der Waals surface area contributed by atoms with E-state index in [9.17, 15) is 9.59 Å². The van der Waals surface area contributed by atoms with Crippen LogP contribution in [0.5, 0.6) is 17.2 Å². The zero-order valence-electron chi connectivity index (χ0n) is 18.1. The standard InChI is InChI=1S/C23H23N3O5S/c1-14(15-7-5-8-17(11-15)24-23(28)20-9-6-10-32-20)25-26-22(27)16-12-18(29-2)21(31-4)19(13-16)30-3/h5-13H,1-4H3,(H,24,28)(H,26,27). The molecule has 0 saturated carbocycles. The summed E-state index contributed by atoms with van der Waals surface area (Å²) < 4.78 is 15.8. The number of anilines is 1. The second-order valence-electron chi connectivity index (χ2n) is 6.56. The summed E-state index contributed by atoms with van der Waals surface area (Å²) in [5.41, 5.74) is 4.78. The fourth-order valence-corrected chi connectivity index (χ4v) is 3.52. The summed E-state index contributed by atoms with van der Waals surface area (Å²) in [5.74, 6) is 0.514. The molecular formula is C23H23N3O5S. The van der Waals surface area contributed by atoms with Crippen LogP contribution in [0.4, 0.5) is 5.69 Å². The number of rotatable bonds is 8. The molecule has 8 nitrogen and oxygen atoms in total. The van der Waals surface area contributed by atoms with E-state index in [1.807, 2.05) is 17.5 Å². The van der Waals surface area contributed by atoms with E-state index < -0.39 is 5.91 Å². The third-order valence-electron chi connectivity index (χ3n) is 4.54. The Balaban J connectivity index is 1.74. The zero-order chi connectivity index (χ0) is 23.1. The van der Waals surface area contributed by atoms with E-state index in [0.29, 0.717) is 39.1 Å². The van der Waals surface area contributed by atoms with Gasteiger partial charge >= 0.3 is 0 Å². The summed E-state index contributed by atoms with van der Waals surface area (Å²) >= 11 is 1.37. The van der Waals surface area contributed by atoms with Gasteiger partial charge in [-0.15, -0.1) is 11.3 Å². The van der Waals surface area contributed by atoms with E-state index in [2.05, 4.69) is 15.8 Å². The van der Waals surface area contributed by atoms with Crippen LogP contribution in [0.2, 0.25) is 0 Å². The minimum atomic E-state index is -0.439. The third kappa shape index (κ3) is 5.25. The quantitative estimate of drug-likeness (QED) is 0.394. The molecule has 3 aromatic rings. The van der Waals surface area contributed by atoms with Crippen molar-refractivity contribution in [2.24, 2.45) is 5.10 Å². The molecular weight excluding hydrogens is 430 g/mol. The summed E-state index contributed by atoms with van der Waals surface area (Å²) in [7, 11) is 4.45. The molecule has 0 radical (unpaired) electrons. The molecule has 3 rings (SSSR count). The van der Waals surface area contributed by atoms with Gasteiger partial charge in [0.1, 0.15) is 0 Å². The number of hydrogen-bond acceptors (Lipinski definition) is 7. The van der Waals surface area contributed by atoms with Crippen molar-refractivity contribution in [1.82, 2.24) is 5.43 Å². The monoisotopic (exact) mass is 453 g/mol. The van der Waals surface area contributed by atoms with Gasteiger partial charge < -0.3 is 19.5 Å². The normalized spacial score (nSPS) is 10.9. The number of carbonyl (C=O) groups is 2. The van der Waals surface area contributed by atoms with Crippen LogP contribution < -0.4 is 25.0 Å². The number of hydrogen-bond donors (Lipinski definition) is 2. The first-order chi connectivity index (χ1) is 15.5. The molecule has 0 unspecified atom stereocenters. The predicted octanol–water partition coefficient (Wildman–Crippen LogP) is 4.18. The second kappa shape index (κ2) is 10.5. The number of carbonyl (C=O) groups excluding carboxylic acids is 2. The molecule has 0 aliphatic heterocycles. The van der Waals surface area contributed by atoms with Gasteiger partial charge in [0.05, 0.1) is 31.9 Å². The van der Waals surface area contributed by atoms with Crippen molar-refractivity contribution in [3.8, 4) is 17.2 Å². The zero-order valence-corrected chi connectivity index (χ0v) is 18.9. The van der Waals surface area contributed by atoms with Crippen molar-refractivity contribution in [3.63, 3.8) is 0 Å². The van der Waals surface area contributed by atoms with Crippen molar-refractivity contribution in [3.05, 3.63) is 69.9 Å². The fourth-order valence-electron chi connectivity index (χ4n) is 2.90. The van der Waals surface area contributed by atoms with Crippen LogP contribution in [0, 0.1) is 0 Å². The first-order valence-electron chi connectivity index (χ1n) is 9.56. The van der Waals surface area contributed by atoms with Crippen LogP contribution in [0.15, 0.2) is 59.0 Å². The minimum absolute atomic E-state index is 0.178. The predicted molar refractivity (Wildman–Crippen MR) is 124 cm³/mol. The Hall–Kier alpha value is -3.85. The SMILES string of the molecule is COc1cc(C(=O)NN=C(C)c2cccc(NC(=O)c3cccs3)c2)cc(OC)c1OC. The van der Waals surface area contributed by atoms with Crippen molar-refractivity contribution in [2.75, 3.05) is 26.6 Å². The molecule has 166 valence electrons. The molecule has 9 heteroatoms. The maximum atomic E-state index is 12.6. The minimum Gasteiger partial charge on any atom is -0.493 e. The first kappa shape index (κ1) is 22.8. The average Bonchev–Trinajstić information content (AvgIpc) is 3.36. The van der Waals surface area contributed by atoms with Gasteiger partial charge in [0.2, 0.25) is 5.75 Å². The van der Waals surface area contributed by atoms with Crippen LogP contribution in [-0.4, -0.2) is 38.9 Å². The smallest absolute Gasteiger partial charge is 0.271 e. The molecule has 0 saturated heterocycles. The first-order valence-corrected chi connectivity index (χ1v) is 10.4. The lowest BCUT2D eigenvalue weighted by molar-refractivity contribution is 0.0953. The molecule has 1 aromatic heterocycles. The Labute approximate surface area is 189 Å². The van der Waals surface area contributed by atoms with Gasteiger partial charge in [-0.3, -0.25) is 9.59 Å². The van der Waals surface area contributed by atoms with E-state index in [1.165, 1.54) is 32.7 Å². The molecule has 2 N–H and O–H groups in total. The number of thiophene rings is 1. The number of ether oxygens (including phenoxy) is 3. The third-order valence-corrected chi connectivity index (χ3v) is 5.40. The molecule has 32 heavy (non-hydrogen) atoms. The van der Waals surface area contributed by atoms with E-state index in [0.717, 1.165) is 5.56 Å². The van der Waals surface area contributed by atoms with Crippen LogP contribution in [0.1, 0.15) is 32.5 Å². The van der Waals surface area contributed by atoms with Crippen molar-refractivity contribution < 1.29 is 23.8 Å². The Kier molecular flexibility index (Phi) is 7.45. The summed E-state index contributed by atoms with van der Waals surface area (Å²) in [6.45, 7) is 1.76. The number of hydrazone groups is 1. The van der Waals surface area contributed by atoms with Crippen LogP contribution in [0.3, 0.4) is 0 Å². The molecule has 2 aromatic carbocycles. The van der Waals surface area contributed by atoms with Crippen molar-refractivity contribution in [2.45, 2.75) is 6.92 Å². The Bertz CT molecular complexity index is 1120. The van der Waals surface area contributed by atoms with Crippen LogP contribution >= 0.6 is 11.3 Å². The van der Waals surface area contributed by atoms with Gasteiger partial charge in [-0.25, -0.2) is 5.43 Å². The molecule has 0 fully saturated rings. The molecule has 1 heterocycles. The van der Waals surface area contributed by atoms with Crippen molar-refractivity contribution in [1.29, 1.82) is 0 Å². The lowest BCUT2D eigenvalue weighted by atomic mass is 10.1. The highest BCUT2D eigenvalue weighted by atomic mass is 32.1. The van der Waals surface area contributed by atoms with Crippen molar-refractivity contribution >= 4 is 34.6 Å². The Morgan fingerprint density at radius 3 is 2.19 bits per heavy atom. The summed E-state index contributed by atoms with van der Waals surface area (Å²) in [5, 5.41) is 8.89. The highest BCUT2D eigenvalue weighted by Gasteiger charge is 2.17. The molecule has 0 atom stereocenters. The van der Waals surface area contributed by atoms with E-state index in [-0.39, 0.29) is 5.91 Å². The second-order valence-corrected chi connectivity index (χ2v) is 7.51. The summed E-state index contributed by atoms with van der Waals surface area (Å²) in [6.07, 6.45) is 0. The molecule has 2 amide bonds. The van der Waals surface area contributed by atoms with E-state index in [4.69, 9.17) is 14.2 Å². The van der Waals surface area contributed by atoms with Crippen LogP contribution in [-0.2, 0) is 0 Å². The lowest BCUT2D eigenvalue weighted by Gasteiger charge is -2.13. The number of amides is 2. The van der Waals surface area contributed by atoms with E-state index >= 15 is 0 Å². The molecule has 0 spiro atoms. The number of benzene rings is 2. The number of methoxy groups -OCH3 is 3. The maximum absolute atomic E-state index is 12.6. The van der Waals surface area contributed by atoms with Gasteiger partial charge in [-0.05, 0) is 48.2 Å². The van der Waals surface area contributed by atoms with Crippen LogP contribution in [0.25, 0.3) is 0 Å². The van der Waals surface area contributed by atoms with Gasteiger partial charge in [0.25, 0.3) is 11.8 Å². The topological polar surface area (TPSA) is 98.2 Å². The number of nitrogens with one attached hydrogen (secondary N) is 2. The largest absolute Gasteiger partial charge is 0.493 e. The van der Waals surface area contributed by atoms with Gasteiger partial charge in [-0.2, -0.15) is 5.10 Å². The molecule has 0 aliphatic carbocycles. The summed E-state index contributed by atoms with van der Waals surface area (Å²) in [6, 6.07) is 13.9. The number of nitrogens with zero attached hydrogens (tertiary/aromatic N) is 1. The highest BCUT2D eigenvalue weighted by Crippen LogP contribution is 2.38. The lowest BCUT2D eigenvalue weighted by Crippen LogP contribution is -2.19. The van der Waals surface area contributed by atoms with Gasteiger partial charge in [0.15, 0.2) is 11.5 Å². The molecule has 0 bridgehead atoms. The Morgan fingerprint density at radius 2 is 1.59 bits per heavy atom. The molecule has 0 aliphatic rings. The Morgan fingerprint density at radius 1 is 0.875 bits per heavy atom. The average molecular weight is 454 g/mol. The summed E-state index contributed by atoms with van der Waals surface area (Å²) in [4.78, 5) is 25.5. The van der Waals surface area contributed by atoms with E-state index in [1.54, 1.807) is 43.3 Å². The van der Waals surface area contributed by atoms with Gasteiger partial charge in [0, 0.05) is 11.3 Å². The van der Waals surface area contributed by atoms with Gasteiger partial charge in [-0.1, -0.05) is 18.2 Å².